The third kappa shape index (κ3) is 4.58. The molecular formula is C16H15ClN6S. The largest absolute Gasteiger partial charge is 0.324 e. The van der Waals surface area contributed by atoms with Gasteiger partial charge in [0.15, 0.2) is 0 Å². The van der Waals surface area contributed by atoms with Crippen LogP contribution in [-0.2, 0) is 0 Å². The van der Waals surface area contributed by atoms with Gasteiger partial charge in [0.2, 0.25) is 11.9 Å². The molecule has 0 spiro atoms. The molecule has 3 rings (SSSR count). The van der Waals surface area contributed by atoms with Gasteiger partial charge < -0.3 is 10.6 Å². The van der Waals surface area contributed by atoms with Crippen molar-refractivity contribution in [1.29, 1.82) is 0 Å². The number of hydrogen-bond donors (Lipinski definition) is 3. The van der Waals surface area contributed by atoms with Gasteiger partial charge in [-0.25, -0.2) is 9.97 Å². The second-order valence-electron chi connectivity index (χ2n) is 4.72. The van der Waals surface area contributed by atoms with Crippen molar-refractivity contribution in [1.82, 2.24) is 19.7 Å². The lowest BCUT2D eigenvalue weighted by atomic mass is 10.3. The molecule has 0 aliphatic carbocycles. The van der Waals surface area contributed by atoms with Crippen LogP contribution in [0.25, 0.3) is 0 Å². The van der Waals surface area contributed by atoms with Crippen LogP contribution in [-0.4, -0.2) is 22.0 Å². The maximum Gasteiger partial charge on any atom is 0.232 e. The van der Waals surface area contributed by atoms with E-state index in [1.165, 1.54) is 18.3 Å². The van der Waals surface area contributed by atoms with Gasteiger partial charge >= 0.3 is 0 Å². The van der Waals surface area contributed by atoms with Crippen molar-refractivity contribution in [3.63, 3.8) is 0 Å². The van der Waals surface area contributed by atoms with E-state index in [1.54, 1.807) is 12.1 Å². The second-order valence-corrected chi connectivity index (χ2v) is 6.24. The van der Waals surface area contributed by atoms with Gasteiger partial charge in [-0.3, -0.25) is 4.72 Å². The first-order chi connectivity index (χ1) is 11.7. The molecule has 0 amide bonds. The quantitative estimate of drug-likeness (QED) is 0.569. The molecule has 0 unspecified atom stereocenters. The van der Waals surface area contributed by atoms with Gasteiger partial charge in [0.05, 0.1) is 0 Å². The van der Waals surface area contributed by atoms with Gasteiger partial charge in [-0.05, 0) is 61.5 Å². The normalized spacial score (nSPS) is 10.4. The fourth-order valence-corrected chi connectivity index (χ4v) is 2.66. The highest BCUT2D eigenvalue weighted by molar-refractivity contribution is 7.97. The highest BCUT2D eigenvalue weighted by atomic mass is 35.5. The van der Waals surface area contributed by atoms with Gasteiger partial charge in [-0.15, -0.1) is 0 Å². The number of nitrogens with zero attached hydrogens (tertiary/aromatic N) is 3. The number of nitrogens with one attached hydrogen (secondary N) is 3. The second kappa shape index (κ2) is 7.96. The van der Waals surface area contributed by atoms with Gasteiger partial charge in [0.1, 0.15) is 6.33 Å². The first kappa shape index (κ1) is 16.5. The minimum absolute atomic E-state index is 0.454. The van der Waals surface area contributed by atoms with E-state index >= 15 is 0 Å². The van der Waals surface area contributed by atoms with Crippen molar-refractivity contribution >= 4 is 46.8 Å². The molecule has 1 heterocycles. The number of rotatable bonds is 6. The van der Waals surface area contributed by atoms with Gasteiger partial charge in [0, 0.05) is 21.3 Å². The monoisotopic (exact) mass is 358 g/mol. The topological polar surface area (TPSA) is 74.8 Å². The Morgan fingerprint density at radius 2 is 1.62 bits per heavy atom. The Labute approximate surface area is 149 Å². The van der Waals surface area contributed by atoms with E-state index in [-0.39, 0.29) is 0 Å². The molecule has 6 nitrogen and oxygen atoms in total. The molecule has 2 aromatic carbocycles. The van der Waals surface area contributed by atoms with Crippen LogP contribution >= 0.6 is 23.5 Å². The lowest BCUT2D eigenvalue weighted by molar-refractivity contribution is 1.06. The number of benzene rings is 2. The number of hydrogen-bond acceptors (Lipinski definition) is 7. The van der Waals surface area contributed by atoms with Crippen LogP contribution in [0.5, 0.6) is 0 Å². The summed E-state index contributed by atoms with van der Waals surface area (Å²) in [5, 5.41) is 6.97. The Kier molecular flexibility index (Phi) is 5.47. The van der Waals surface area contributed by atoms with Crippen molar-refractivity contribution in [3.8, 4) is 0 Å². The average Bonchev–Trinajstić information content (AvgIpc) is 2.58. The van der Waals surface area contributed by atoms with Crippen molar-refractivity contribution in [3.05, 3.63) is 59.9 Å². The zero-order chi connectivity index (χ0) is 16.8. The van der Waals surface area contributed by atoms with E-state index in [0.717, 1.165) is 16.3 Å². The predicted octanol–water partition coefficient (Wildman–Crippen LogP) is 4.24. The predicted molar refractivity (Wildman–Crippen MR) is 99.2 cm³/mol. The molecule has 0 bridgehead atoms. The molecule has 0 radical (unpaired) electrons. The molecule has 0 fully saturated rings. The molecule has 0 saturated heterocycles. The number of aromatic nitrogens is 3. The molecule has 1 aromatic heterocycles. The Bertz CT molecular complexity index is 812. The minimum atomic E-state index is 0.454. The van der Waals surface area contributed by atoms with Crippen molar-refractivity contribution in [2.75, 3.05) is 17.7 Å². The molecule has 24 heavy (non-hydrogen) atoms. The summed E-state index contributed by atoms with van der Waals surface area (Å²) < 4.78 is 3.04. The Morgan fingerprint density at radius 3 is 2.33 bits per heavy atom. The smallest absolute Gasteiger partial charge is 0.232 e. The zero-order valence-corrected chi connectivity index (χ0v) is 14.4. The van der Waals surface area contributed by atoms with Crippen LogP contribution in [0.1, 0.15) is 0 Å². The first-order valence-corrected chi connectivity index (χ1v) is 8.35. The average molecular weight is 359 g/mol. The zero-order valence-electron chi connectivity index (χ0n) is 12.8. The third-order valence-corrected chi connectivity index (χ3v) is 3.93. The first-order valence-electron chi connectivity index (χ1n) is 7.15. The van der Waals surface area contributed by atoms with Crippen molar-refractivity contribution < 1.29 is 0 Å². The number of halogens is 1. The lowest BCUT2D eigenvalue weighted by Gasteiger charge is -2.08. The van der Waals surface area contributed by atoms with Crippen molar-refractivity contribution in [2.45, 2.75) is 4.90 Å². The van der Waals surface area contributed by atoms with E-state index < -0.39 is 0 Å². The highest BCUT2D eigenvalue weighted by Crippen LogP contribution is 2.21. The standard InChI is InChI=1S/C16H15ClN6S/c1-18-24-14-4-2-3-13(9-14)22-16-20-10-19-15(23-16)21-12-7-5-11(17)6-8-12/h2-10,18H,1H3,(H2,19,20,21,22,23). The van der Waals surface area contributed by atoms with Crippen LogP contribution in [0.4, 0.5) is 23.3 Å². The Morgan fingerprint density at radius 1 is 0.917 bits per heavy atom. The minimum Gasteiger partial charge on any atom is -0.324 e. The fraction of sp³-hybridized carbons (Fsp3) is 0.0625. The van der Waals surface area contributed by atoms with E-state index in [2.05, 4.69) is 30.3 Å². The van der Waals surface area contributed by atoms with Gasteiger partial charge in [-0.1, -0.05) is 17.7 Å². The fourth-order valence-electron chi connectivity index (χ4n) is 1.96. The molecule has 3 aromatic rings. The maximum atomic E-state index is 5.88. The van der Waals surface area contributed by atoms with E-state index in [4.69, 9.17) is 11.6 Å². The van der Waals surface area contributed by atoms with E-state index in [1.807, 2.05) is 43.4 Å². The van der Waals surface area contributed by atoms with Gasteiger partial charge in [0.25, 0.3) is 0 Å². The summed E-state index contributed by atoms with van der Waals surface area (Å²) in [4.78, 5) is 13.7. The van der Waals surface area contributed by atoms with Crippen molar-refractivity contribution in [2.24, 2.45) is 0 Å². The molecule has 122 valence electrons. The van der Waals surface area contributed by atoms with Crippen LogP contribution in [0.15, 0.2) is 59.8 Å². The summed E-state index contributed by atoms with van der Waals surface area (Å²) in [5.74, 6) is 0.920. The summed E-state index contributed by atoms with van der Waals surface area (Å²) in [7, 11) is 1.88. The highest BCUT2D eigenvalue weighted by Gasteiger charge is 2.03. The van der Waals surface area contributed by atoms with Crippen LogP contribution in [0.2, 0.25) is 5.02 Å². The molecule has 3 N–H and O–H groups in total. The van der Waals surface area contributed by atoms with E-state index in [9.17, 15) is 0 Å². The van der Waals surface area contributed by atoms with Gasteiger partial charge in [-0.2, -0.15) is 4.98 Å². The summed E-state index contributed by atoms with van der Waals surface area (Å²) >= 11 is 7.42. The summed E-state index contributed by atoms with van der Waals surface area (Å²) in [6.45, 7) is 0. The molecular weight excluding hydrogens is 344 g/mol. The molecule has 0 saturated carbocycles. The number of anilines is 4. The molecule has 8 heteroatoms. The van der Waals surface area contributed by atoms with E-state index in [0.29, 0.717) is 16.9 Å². The van der Waals surface area contributed by atoms with Crippen LogP contribution < -0.4 is 15.4 Å². The Hall–Kier alpha value is -2.35. The molecule has 0 aliphatic rings. The summed E-state index contributed by atoms with van der Waals surface area (Å²) in [6.07, 6.45) is 1.46. The summed E-state index contributed by atoms with van der Waals surface area (Å²) in [5.41, 5.74) is 1.75. The lowest BCUT2D eigenvalue weighted by Crippen LogP contribution is -2.02. The molecule has 0 aliphatic heterocycles. The van der Waals surface area contributed by atoms with Crippen LogP contribution in [0.3, 0.4) is 0 Å². The third-order valence-electron chi connectivity index (χ3n) is 2.98. The molecule has 0 atom stereocenters. The Balaban J connectivity index is 1.73. The van der Waals surface area contributed by atoms with Crippen LogP contribution in [0, 0.1) is 0 Å². The maximum absolute atomic E-state index is 5.88. The summed E-state index contributed by atoms with van der Waals surface area (Å²) in [6, 6.07) is 15.3. The SMILES string of the molecule is CNSc1cccc(Nc2ncnc(Nc3ccc(Cl)cc3)n2)c1.